The molecule has 2 heterocycles. The maximum absolute atomic E-state index is 14.2. The Bertz CT molecular complexity index is 2110. The van der Waals surface area contributed by atoms with Crippen molar-refractivity contribution < 1.29 is 57.4 Å². The predicted molar refractivity (Wildman–Crippen MR) is 144 cm³/mol. The fourth-order valence-electron chi connectivity index (χ4n) is 5.10. The molecule has 4 aromatic carbocycles. The normalized spacial score (nSPS) is 13.2. The second-order valence-electron chi connectivity index (χ2n) is 9.89. The molecule has 0 aliphatic carbocycles. The minimum Gasteiger partial charge on any atom is -0.436 e. The molecule has 16 heteroatoms. The van der Waals surface area contributed by atoms with Crippen LogP contribution in [0.5, 0.6) is 11.6 Å². The standard InChI is InChI=1S/C30H12F12N2OS/c31-27(32,33)18-12-19(23(29(37,38)39)24(30(40,41)42)22(18)28(34,35)36)45-26-17-10-14-6-2-1-5-13(14)9-16(17)25(43-44-26)21-11-15-7-3-4-8-20(15)46-21/h1-12H. The molecule has 238 valence electrons. The van der Waals surface area contributed by atoms with E-state index < -0.39 is 64.7 Å². The molecule has 0 unspecified atom stereocenters. The van der Waals surface area contributed by atoms with Crippen LogP contribution >= 0.6 is 11.3 Å². The lowest BCUT2D eigenvalue weighted by atomic mass is 9.92. The summed E-state index contributed by atoms with van der Waals surface area (Å²) in [5.41, 5.74) is -13.1. The first kappa shape index (κ1) is 31.4. The number of fused-ring (bicyclic) bond motifs is 3. The van der Waals surface area contributed by atoms with Gasteiger partial charge in [0.05, 0.1) is 21.6 Å². The summed E-state index contributed by atoms with van der Waals surface area (Å²) in [6.45, 7) is 0. The molecule has 0 atom stereocenters. The highest BCUT2D eigenvalue weighted by Crippen LogP contribution is 2.55. The Kier molecular flexibility index (Phi) is 7.14. The average Bonchev–Trinajstić information content (AvgIpc) is 3.37. The molecular formula is C30H12F12N2OS. The van der Waals surface area contributed by atoms with Gasteiger partial charge >= 0.3 is 24.7 Å². The smallest absolute Gasteiger partial charge is 0.420 e. The van der Waals surface area contributed by atoms with Gasteiger partial charge < -0.3 is 4.74 Å². The van der Waals surface area contributed by atoms with Gasteiger partial charge in [0.25, 0.3) is 0 Å². The Morgan fingerprint density at radius 2 is 1.07 bits per heavy atom. The van der Waals surface area contributed by atoms with E-state index in [1.54, 1.807) is 54.6 Å². The van der Waals surface area contributed by atoms with Crippen LogP contribution in [0.1, 0.15) is 22.3 Å². The zero-order valence-electron chi connectivity index (χ0n) is 22.2. The van der Waals surface area contributed by atoms with E-state index in [0.29, 0.717) is 15.6 Å². The van der Waals surface area contributed by atoms with Gasteiger partial charge in [-0.15, -0.1) is 21.5 Å². The van der Waals surface area contributed by atoms with E-state index in [-0.39, 0.29) is 16.5 Å². The summed E-state index contributed by atoms with van der Waals surface area (Å²) < 4.78 is 173. The van der Waals surface area contributed by atoms with Crippen molar-refractivity contribution in [1.29, 1.82) is 0 Å². The second kappa shape index (κ2) is 10.5. The number of thiophene rings is 1. The van der Waals surface area contributed by atoms with E-state index in [4.69, 9.17) is 4.74 Å². The number of rotatable bonds is 3. The van der Waals surface area contributed by atoms with Crippen LogP contribution < -0.4 is 4.74 Å². The van der Waals surface area contributed by atoms with Gasteiger partial charge in [0.2, 0.25) is 5.88 Å². The van der Waals surface area contributed by atoms with Crippen LogP contribution in [0.2, 0.25) is 0 Å². The molecule has 0 spiro atoms. The highest BCUT2D eigenvalue weighted by atomic mass is 32.1. The average molecular weight is 676 g/mol. The first-order valence-electron chi connectivity index (χ1n) is 12.7. The monoisotopic (exact) mass is 676 g/mol. The van der Waals surface area contributed by atoms with Crippen molar-refractivity contribution >= 4 is 43.0 Å². The van der Waals surface area contributed by atoms with E-state index >= 15 is 0 Å². The summed E-state index contributed by atoms with van der Waals surface area (Å²) in [4.78, 5) is 0.504. The summed E-state index contributed by atoms with van der Waals surface area (Å²) >= 11 is 1.25. The molecule has 0 saturated heterocycles. The van der Waals surface area contributed by atoms with E-state index in [9.17, 15) is 52.7 Å². The SMILES string of the molecule is FC(F)(F)c1cc(Oc2nnc(-c3cc4ccccc4s3)c3cc4ccccc4cc23)c(C(F)(F)F)c(C(F)(F)F)c1C(F)(F)F. The van der Waals surface area contributed by atoms with E-state index in [1.807, 2.05) is 0 Å². The van der Waals surface area contributed by atoms with Crippen LogP contribution in [-0.4, -0.2) is 10.2 Å². The third kappa shape index (κ3) is 5.54. The minimum absolute atomic E-state index is 0.141. The second-order valence-corrected chi connectivity index (χ2v) is 11.0. The zero-order chi connectivity index (χ0) is 33.4. The van der Waals surface area contributed by atoms with Crippen molar-refractivity contribution in [3.63, 3.8) is 0 Å². The predicted octanol–water partition coefficient (Wildman–Crippen LogP) is 11.5. The number of ether oxygens (including phenoxy) is 1. The number of aromatic nitrogens is 2. The van der Waals surface area contributed by atoms with Crippen LogP contribution in [0.15, 0.2) is 72.8 Å². The first-order chi connectivity index (χ1) is 21.3. The van der Waals surface area contributed by atoms with E-state index in [2.05, 4.69) is 10.2 Å². The van der Waals surface area contributed by atoms with Gasteiger partial charge in [0, 0.05) is 15.5 Å². The molecule has 0 radical (unpaired) electrons. The maximum atomic E-state index is 14.2. The summed E-state index contributed by atoms with van der Waals surface area (Å²) in [7, 11) is 0. The molecule has 6 rings (SSSR count). The molecule has 0 aliphatic rings. The first-order valence-corrected chi connectivity index (χ1v) is 13.5. The molecule has 0 saturated carbocycles. The van der Waals surface area contributed by atoms with E-state index in [0.717, 1.165) is 10.1 Å². The number of nitrogens with zero attached hydrogens (tertiary/aromatic N) is 2. The number of benzene rings is 4. The topological polar surface area (TPSA) is 35.0 Å². The maximum Gasteiger partial charge on any atom is 0.420 e. The van der Waals surface area contributed by atoms with Crippen molar-refractivity contribution in [1.82, 2.24) is 10.2 Å². The molecule has 0 amide bonds. The lowest BCUT2D eigenvalue weighted by Crippen LogP contribution is -2.28. The summed E-state index contributed by atoms with van der Waals surface area (Å²) in [6, 6.07) is 17.4. The van der Waals surface area contributed by atoms with Gasteiger partial charge in [-0.2, -0.15) is 52.7 Å². The van der Waals surface area contributed by atoms with E-state index in [1.165, 1.54) is 23.5 Å². The van der Waals surface area contributed by atoms with Gasteiger partial charge in [-0.1, -0.05) is 42.5 Å². The van der Waals surface area contributed by atoms with Crippen LogP contribution in [0.3, 0.4) is 0 Å². The van der Waals surface area contributed by atoms with Gasteiger partial charge in [-0.3, -0.25) is 0 Å². The Balaban J connectivity index is 1.67. The van der Waals surface area contributed by atoms with Crippen LogP contribution in [0.25, 0.3) is 42.2 Å². The molecule has 0 fully saturated rings. The molecule has 46 heavy (non-hydrogen) atoms. The molecule has 0 bridgehead atoms. The van der Waals surface area contributed by atoms with Crippen LogP contribution in [0.4, 0.5) is 52.7 Å². The van der Waals surface area contributed by atoms with Gasteiger partial charge in [0.1, 0.15) is 17.0 Å². The van der Waals surface area contributed by atoms with Gasteiger partial charge in [-0.25, -0.2) is 0 Å². The number of hydrogen-bond acceptors (Lipinski definition) is 4. The van der Waals surface area contributed by atoms with Gasteiger partial charge in [-0.05, 0) is 46.5 Å². The summed E-state index contributed by atoms with van der Waals surface area (Å²) in [5, 5.41) is 9.45. The fraction of sp³-hybridized carbons (Fsp3) is 0.133. The van der Waals surface area contributed by atoms with Crippen LogP contribution in [0, 0.1) is 0 Å². The Labute approximate surface area is 252 Å². The fourth-order valence-corrected chi connectivity index (χ4v) is 6.16. The number of hydrogen-bond donors (Lipinski definition) is 0. The number of alkyl halides is 12. The Morgan fingerprint density at radius 1 is 0.522 bits per heavy atom. The minimum atomic E-state index is -6.55. The quantitative estimate of drug-likeness (QED) is 0.138. The highest BCUT2D eigenvalue weighted by molar-refractivity contribution is 7.22. The third-order valence-electron chi connectivity index (χ3n) is 6.92. The molecular weight excluding hydrogens is 664 g/mol. The lowest BCUT2D eigenvalue weighted by Gasteiger charge is -2.26. The van der Waals surface area contributed by atoms with Crippen molar-refractivity contribution in [2.75, 3.05) is 0 Å². The summed E-state index contributed by atoms with van der Waals surface area (Å²) in [5.74, 6) is -3.17. The Morgan fingerprint density at radius 3 is 1.61 bits per heavy atom. The van der Waals surface area contributed by atoms with Crippen molar-refractivity contribution in [2.24, 2.45) is 0 Å². The third-order valence-corrected chi connectivity index (χ3v) is 8.05. The van der Waals surface area contributed by atoms with Crippen molar-refractivity contribution in [2.45, 2.75) is 24.7 Å². The molecule has 0 N–H and O–H groups in total. The summed E-state index contributed by atoms with van der Waals surface area (Å²) in [6.07, 6.45) is -25.5. The molecule has 6 aromatic rings. The van der Waals surface area contributed by atoms with Crippen LogP contribution in [-0.2, 0) is 24.7 Å². The van der Waals surface area contributed by atoms with Crippen molar-refractivity contribution in [3.05, 3.63) is 95.1 Å². The molecule has 3 nitrogen and oxygen atoms in total. The highest BCUT2D eigenvalue weighted by Gasteiger charge is 2.56. The lowest BCUT2D eigenvalue weighted by molar-refractivity contribution is -0.183. The largest absolute Gasteiger partial charge is 0.436 e. The number of halogens is 12. The van der Waals surface area contributed by atoms with Gasteiger partial charge in [0.15, 0.2) is 0 Å². The Hall–Kier alpha value is -4.60. The molecule has 2 aromatic heterocycles. The zero-order valence-corrected chi connectivity index (χ0v) is 23.0. The molecule has 0 aliphatic heterocycles. The van der Waals surface area contributed by atoms with Crippen molar-refractivity contribution in [3.8, 4) is 22.2 Å².